The van der Waals surface area contributed by atoms with E-state index < -0.39 is 11.7 Å². The minimum atomic E-state index is -5.10. The summed E-state index contributed by atoms with van der Waals surface area (Å²) in [5, 5.41) is 14.4. The van der Waals surface area contributed by atoms with Crippen molar-refractivity contribution < 1.29 is 13.2 Å². The van der Waals surface area contributed by atoms with E-state index in [4.69, 9.17) is 5.73 Å². The van der Waals surface area contributed by atoms with Gasteiger partial charge >= 0.3 is 6.18 Å². The fourth-order valence-electron chi connectivity index (χ4n) is 14.7. The van der Waals surface area contributed by atoms with Crippen LogP contribution in [0.4, 0.5) is 18.9 Å². The molecule has 0 aliphatic heterocycles. The number of rotatable bonds is 10. The molecule has 0 amide bonds. The van der Waals surface area contributed by atoms with Gasteiger partial charge in [-0.3, -0.25) is 0 Å². The molecule has 3 aromatic heterocycles. The molecule has 0 spiro atoms. The number of nitrogens with zero attached hydrogens (tertiary/aromatic N) is 4. The minimum Gasteiger partial charge on any atom is -0.396 e. The van der Waals surface area contributed by atoms with Crippen LogP contribution in [0.15, 0.2) is 297 Å². The average molecular weight is 1220 g/mol. The number of halogens is 3. The van der Waals surface area contributed by atoms with E-state index in [0.717, 1.165) is 99.3 Å². The van der Waals surface area contributed by atoms with Crippen molar-refractivity contribution in [1.29, 1.82) is 5.26 Å². The van der Waals surface area contributed by atoms with Crippen molar-refractivity contribution in [3.05, 3.63) is 325 Å². The van der Waals surface area contributed by atoms with E-state index in [-0.39, 0.29) is 22.7 Å². The van der Waals surface area contributed by atoms with Crippen molar-refractivity contribution >= 4 is 71.9 Å². The van der Waals surface area contributed by atoms with Crippen LogP contribution in [0, 0.1) is 11.3 Å². The monoisotopic (exact) mass is 1220 g/mol. The number of fused-ring (bicyclic) bond motifs is 9. The summed E-state index contributed by atoms with van der Waals surface area (Å²) in [6.45, 7) is 0. The molecule has 1 aliphatic rings. The highest BCUT2D eigenvalue weighted by Gasteiger charge is 2.44. The van der Waals surface area contributed by atoms with Gasteiger partial charge in [0.2, 0.25) is 0 Å². The van der Waals surface area contributed by atoms with Crippen LogP contribution < -0.4 is 5.73 Å². The van der Waals surface area contributed by atoms with Crippen molar-refractivity contribution in [1.82, 2.24) is 13.7 Å². The Labute approximate surface area is 540 Å². The molecule has 0 saturated carbocycles. The molecule has 5 nitrogen and oxygen atoms in total. The van der Waals surface area contributed by atoms with Crippen LogP contribution in [0.1, 0.15) is 34.4 Å². The van der Waals surface area contributed by atoms with Gasteiger partial charge in [-0.15, -0.1) is 0 Å². The fourth-order valence-corrected chi connectivity index (χ4v) is 14.7. The van der Waals surface area contributed by atoms with Crippen molar-refractivity contribution in [2.75, 3.05) is 5.73 Å². The molecule has 17 rings (SSSR count). The second-order valence-electron chi connectivity index (χ2n) is 24.3. The molecule has 0 fully saturated rings. The van der Waals surface area contributed by atoms with Gasteiger partial charge in [-0.05, 0) is 164 Å². The first kappa shape index (κ1) is 55.9. The molecular weight excluding hydrogens is 1160 g/mol. The zero-order chi connectivity index (χ0) is 63.2. The van der Waals surface area contributed by atoms with E-state index >= 15 is 13.2 Å². The fraction of sp³-hybridized carbons (Fsp3) is 0.0349. The van der Waals surface area contributed by atoms with Crippen LogP contribution in [0.5, 0.6) is 0 Å². The molecule has 1 aliphatic carbocycles. The Morgan fingerprint density at radius 1 is 0.330 bits per heavy atom. The van der Waals surface area contributed by atoms with Crippen molar-refractivity contribution in [3.63, 3.8) is 0 Å². The van der Waals surface area contributed by atoms with E-state index in [0.29, 0.717) is 62.8 Å². The molecule has 94 heavy (non-hydrogen) atoms. The molecule has 0 unspecified atom stereocenters. The summed E-state index contributed by atoms with van der Waals surface area (Å²) in [6, 6.07) is 101. The highest BCUT2D eigenvalue weighted by molar-refractivity contribution is 6.16. The van der Waals surface area contributed by atoms with Crippen LogP contribution in [-0.2, 0) is 12.6 Å². The van der Waals surface area contributed by atoms with Gasteiger partial charge in [0.1, 0.15) is 5.56 Å². The topological polar surface area (TPSA) is 64.6 Å². The van der Waals surface area contributed by atoms with Crippen LogP contribution in [0.25, 0.3) is 150 Å². The van der Waals surface area contributed by atoms with Gasteiger partial charge in [0, 0.05) is 43.8 Å². The number of allylic oxidation sites excluding steroid dienone is 1. The molecule has 16 aromatic rings. The van der Waals surface area contributed by atoms with Crippen LogP contribution in [0.3, 0.4) is 0 Å². The standard InChI is InChI=1S/C86H56F3N5/c87-86(88,89)81-84(93-76-43-37-64(57-23-11-3-12-24-57)49-70(76)71-50-65(38-44-77(71)93)58-25-13-4-14-26-58)82(91)80(61-33-31-54(53-90)32-34-61)83(92-74-41-35-62(55-19-7-1-8-20-55)47-68(74)69-48-63(36-42-75(69)92)56-21-9-2-10-22-56)85(81)94-78-45-39-66(59-27-15-5-16-28-59)51-72(78)73-52-67(40-46-79(73)94)60-29-17-6-18-30-60/h1-37,39-43,45-52H,38,44,91H2. The van der Waals surface area contributed by atoms with E-state index in [2.05, 4.69) is 127 Å². The zero-order valence-electron chi connectivity index (χ0n) is 50.8. The maximum absolute atomic E-state index is 18.7. The lowest BCUT2D eigenvalue weighted by Crippen LogP contribution is -2.22. The third kappa shape index (κ3) is 9.23. The van der Waals surface area contributed by atoms with Crippen LogP contribution in [0.2, 0.25) is 0 Å². The minimum absolute atomic E-state index is 0.0734. The van der Waals surface area contributed by atoms with Gasteiger partial charge in [-0.2, -0.15) is 18.4 Å². The Morgan fingerprint density at radius 2 is 0.660 bits per heavy atom. The summed E-state index contributed by atoms with van der Waals surface area (Å²) in [5.41, 5.74) is 24.7. The number of hydrogen-bond acceptors (Lipinski definition) is 2. The molecule has 0 radical (unpaired) electrons. The van der Waals surface area contributed by atoms with Gasteiger partial charge in [-0.25, -0.2) is 0 Å². The number of alkyl halides is 3. The number of benzene rings is 13. The highest BCUT2D eigenvalue weighted by Crippen LogP contribution is 2.55. The highest BCUT2D eigenvalue weighted by atomic mass is 19.4. The predicted octanol–water partition coefficient (Wildman–Crippen LogP) is 22.8. The molecule has 13 aromatic carbocycles. The Balaban J connectivity index is 1.10. The lowest BCUT2D eigenvalue weighted by Gasteiger charge is -2.30. The maximum Gasteiger partial charge on any atom is 0.420 e. The first-order valence-electron chi connectivity index (χ1n) is 31.6. The summed E-state index contributed by atoms with van der Waals surface area (Å²) in [5.74, 6) is 0. The molecule has 0 bridgehead atoms. The number of nitrogen functional groups attached to an aromatic ring is 1. The normalized spacial score (nSPS) is 12.4. The van der Waals surface area contributed by atoms with Gasteiger partial charge in [-0.1, -0.05) is 224 Å². The van der Waals surface area contributed by atoms with E-state index in [1.807, 2.05) is 184 Å². The Morgan fingerprint density at radius 3 is 1.02 bits per heavy atom. The third-order valence-corrected chi connectivity index (χ3v) is 19.0. The van der Waals surface area contributed by atoms with Gasteiger partial charge in [0.15, 0.2) is 0 Å². The number of nitrogens with two attached hydrogens (primary N) is 1. The molecule has 8 heteroatoms. The van der Waals surface area contributed by atoms with Crippen LogP contribution >= 0.6 is 0 Å². The summed E-state index contributed by atoms with van der Waals surface area (Å²) >= 11 is 0. The molecular formula is C86H56F3N5. The molecule has 0 saturated heterocycles. The van der Waals surface area contributed by atoms with Gasteiger partial charge in [0.25, 0.3) is 0 Å². The summed E-state index contributed by atoms with van der Waals surface area (Å²) < 4.78 is 61.8. The summed E-state index contributed by atoms with van der Waals surface area (Å²) in [7, 11) is 0. The lowest BCUT2D eigenvalue weighted by atomic mass is 9.90. The van der Waals surface area contributed by atoms with E-state index in [1.165, 1.54) is 0 Å². The lowest BCUT2D eigenvalue weighted by molar-refractivity contribution is -0.137. The Kier molecular flexibility index (Phi) is 13.3. The number of aromatic nitrogens is 3. The van der Waals surface area contributed by atoms with Gasteiger partial charge in [0.05, 0.1) is 62.0 Å². The second kappa shape index (κ2) is 22.3. The van der Waals surface area contributed by atoms with Crippen molar-refractivity contribution in [2.45, 2.75) is 19.0 Å². The molecule has 3 heterocycles. The van der Waals surface area contributed by atoms with Crippen molar-refractivity contribution in [3.8, 4) is 89.9 Å². The number of hydrogen-bond donors (Lipinski definition) is 1. The molecule has 0 atom stereocenters. The summed E-state index contributed by atoms with van der Waals surface area (Å²) in [6.07, 6.45) is -1.95. The first-order valence-corrected chi connectivity index (χ1v) is 31.6. The number of nitriles is 1. The Bertz CT molecular complexity index is 5550. The smallest absolute Gasteiger partial charge is 0.396 e. The van der Waals surface area contributed by atoms with Crippen molar-refractivity contribution in [2.24, 2.45) is 0 Å². The van der Waals surface area contributed by atoms with E-state index in [9.17, 15) is 5.26 Å². The average Bonchev–Trinajstić information content (AvgIpc) is 1.40. The Hall–Kier alpha value is -12.2. The molecule has 446 valence electrons. The predicted molar refractivity (Wildman–Crippen MR) is 381 cm³/mol. The van der Waals surface area contributed by atoms with Crippen LogP contribution in [-0.4, -0.2) is 13.7 Å². The number of anilines is 1. The zero-order valence-corrected chi connectivity index (χ0v) is 50.8. The SMILES string of the molecule is N#Cc1ccc(-c2c(N)c(-n3c4c(c5cc(-c6ccccc6)ccc53)C=C(c3ccccc3)CC4)c(C(F)(F)F)c(-n3c4ccc(-c5ccccc5)cc4c4cc(-c5ccccc5)ccc43)c2-n2c3ccc(-c4ccccc4)cc3c3cc(-c4ccccc4)ccc32)cc1. The largest absolute Gasteiger partial charge is 0.420 e. The first-order chi connectivity index (χ1) is 46.1. The molecule has 2 N–H and O–H groups in total. The quantitative estimate of drug-likeness (QED) is 0.139. The van der Waals surface area contributed by atoms with E-state index in [1.54, 1.807) is 12.1 Å². The third-order valence-electron chi connectivity index (χ3n) is 19.0. The maximum atomic E-state index is 18.7. The van der Waals surface area contributed by atoms with Gasteiger partial charge < -0.3 is 19.4 Å². The second-order valence-corrected chi connectivity index (χ2v) is 24.3. The summed E-state index contributed by atoms with van der Waals surface area (Å²) in [4.78, 5) is 0.